The molecule has 15 rings (SSSR count). The van der Waals surface area contributed by atoms with Crippen LogP contribution in [-0.4, -0.2) is 94.1 Å². The fraction of sp³-hybridized carbons (Fsp3) is 0.159. The number of benzene rings is 5. The summed E-state index contributed by atoms with van der Waals surface area (Å²) in [6.45, 7) is 3.86. The van der Waals surface area contributed by atoms with Crippen LogP contribution in [0.4, 0.5) is 22.0 Å². The summed E-state index contributed by atoms with van der Waals surface area (Å²) in [7, 11) is 1.82. The Kier molecular flexibility index (Phi) is 20.4. The smallest absolute Gasteiger partial charge is 0.171 e. The van der Waals surface area contributed by atoms with Gasteiger partial charge in [0.1, 0.15) is 70.8 Å². The maximum Gasteiger partial charge on any atom is 0.171 e. The maximum atomic E-state index is 14.0. The molecular weight excluding hydrogens is 1250 g/mol. The first-order valence-corrected chi connectivity index (χ1v) is 30.2. The van der Waals surface area contributed by atoms with Gasteiger partial charge in [-0.3, -0.25) is 0 Å². The molecule has 486 valence electrons. The molecule has 10 N–H and O–H groups in total. The fourth-order valence-corrected chi connectivity index (χ4v) is 11.4. The Morgan fingerprint density at radius 3 is 1.64 bits per heavy atom. The van der Waals surface area contributed by atoms with E-state index in [0.717, 1.165) is 23.6 Å². The minimum atomic E-state index is -1.07. The molecule has 26 heteroatoms. The van der Waals surface area contributed by atoms with Crippen LogP contribution < -0.4 is 0 Å². The van der Waals surface area contributed by atoms with Crippen molar-refractivity contribution >= 4 is 50.0 Å². The average Bonchev–Trinajstić information content (AvgIpc) is 1.64. The Balaban J connectivity index is 0.000000121. The third kappa shape index (κ3) is 13.8. The molecule has 10 aromatic heterocycles. The van der Waals surface area contributed by atoms with Crippen LogP contribution in [0.2, 0.25) is 5.02 Å². The molecule has 0 radical (unpaired) electrons. The number of halogens is 6. The first-order chi connectivity index (χ1) is 46.1. The quantitative estimate of drug-likeness (QED) is 0.0455. The second-order valence-corrected chi connectivity index (χ2v) is 21.9. The summed E-state index contributed by atoms with van der Waals surface area (Å²) in [5.74, 6) is -0.725. The van der Waals surface area contributed by atoms with Crippen molar-refractivity contribution in [1.82, 2.24) is 68.6 Å². The van der Waals surface area contributed by atoms with Gasteiger partial charge in [-0.1, -0.05) is 80.4 Å². The molecule has 0 amide bonds. The first kappa shape index (κ1) is 65.7. The Morgan fingerprint density at radius 2 is 1.05 bits per heavy atom. The number of pyridine rings is 1. The number of hydrogen-bond donors (Lipinski definition) is 10. The Morgan fingerprint density at radius 1 is 0.505 bits per heavy atom. The van der Waals surface area contributed by atoms with E-state index < -0.39 is 48.0 Å². The van der Waals surface area contributed by atoms with Crippen molar-refractivity contribution in [3.05, 3.63) is 298 Å². The molecule has 0 aliphatic heterocycles. The number of aromatic amines is 5. The molecule has 5 atom stereocenters. The molecule has 0 aliphatic carbocycles. The SMILES string of the molecule is CCCc1c(C(O)c2ncc[nH]2)ccc(F)c1F.CCc1ccc2c(F)ccc(C(O)c3ncc[nH]3)n12.Cn1ccc2c(F)ccc(C(O)c3ncc[nH]3)c21.OC(c1ncc[nH]1)c1ccc(F)c2oc3ccccc3c12.OC(c1ncc[nH]1)c1cccc(Cl)c1-n1cccn1. The summed E-state index contributed by atoms with van der Waals surface area (Å²) >= 11 is 6.22. The van der Waals surface area contributed by atoms with Gasteiger partial charge in [0.05, 0.1) is 27.4 Å². The number of aromatic nitrogens is 14. The second kappa shape index (κ2) is 29.4. The number of aliphatic hydroxyl groups excluding tert-OH is 5. The lowest BCUT2D eigenvalue weighted by Gasteiger charge is -2.15. The van der Waals surface area contributed by atoms with E-state index in [1.807, 2.05) is 45.2 Å². The van der Waals surface area contributed by atoms with E-state index in [1.54, 1.807) is 149 Å². The minimum Gasteiger partial charge on any atom is -0.453 e. The summed E-state index contributed by atoms with van der Waals surface area (Å²) in [5.41, 5.74) is 6.50. The lowest BCUT2D eigenvalue weighted by atomic mass is 9.97. The van der Waals surface area contributed by atoms with E-state index in [1.165, 1.54) is 30.5 Å². The number of aliphatic hydroxyl groups is 5. The highest BCUT2D eigenvalue weighted by Crippen LogP contribution is 2.38. The average molecular weight is 1310 g/mol. The van der Waals surface area contributed by atoms with Crippen molar-refractivity contribution in [2.75, 3.05) is 0 Å². The number of furan rings is 1. The lowest BCUT2D eigenvalue weighted by molar-refractivity contribution is 0.204. The maximum absolute atomic E-state index is 14.0. The Bertz CT molecular complexity index is 4940. The van der Waals surface area contributed by atoms with Gasteiger partial charge in [-0.2, -0.15) is 5.10 Å². The fourth-order valence-electron chi connectivity index (χ4n) is 11.1. The van der Waals surface area contributed by atoms with Gasteiger partial charge in [-0.05, 0) is 96.3 Å². The highest BCUT2D eigenvalue weighted by Gasteiger charge is 2.26. The van der Waals surface area contributed by atoms with Crippen LogP contribution in [-0.2, 0) is 19.9 Å². The predicted molar refractivity (Wildman–Crippen MR) is 345 cm³/mol. The number of nitrogens with one attached hydrogen (secondary N) is 5. The van der Waals surface area contributed by atoms with E-state index >= 15 is 0 Å². The number of rotatable bonds is 14. The topological polar surface area (TPSA) is 285 Å². The van der Waals surface area contributed by atoms with Crippen molar-refractivity contribution in [3.8, 4) is 5.69 Å². The number of imidazole rings is 5. The van der Waals surface area contributed by atoms with Crippen LogP contribution in [0.3, 0.4) is 0 Å². The molecule has 0 spiro atoms. The molecule has 0 aliphatic rings. The van der Waals surface area contributed by atoms with Gasteiger partial charge in [0, 0.05) is 121 Å². The number of nitrogens with zero attached hydrogens (tertiary/aromatic N) is 9. The standard InChI is InChI=1S/C16H11FN2O2.C14H14FN3O.C13H11ClN4O.C13H14F2N2O.C13H12FN3O/c17-11-6-5-10(14(20)16-18-7-8-19-16)13-9-3-1-2-4-12(9)21-15(11)13;1-2-9-3-5-11-10(15)4-6-12(18(9)11)13(19)14-16-7-8-17-14;14-10-4-1-3-9(11(10)18-8-2-5-17-18)12(19)13-15-6-7-16-13;1-2-3-8-9(4-5-10(14)11(8)15)12(18)13-16-6-7-17-13;1-17-7-4-8-10(14)3-2-9(11(8)17)12(18)13-15-5-6-16-13/h1-8,14,20H,(H,18,19);3-8,13,19H,2H2,1H3,(H,16,17);1-8,12,19H,(H,15,16);4-7,12,18H,2-3H2,1H3,(H,16,17);2-7,12,18H,1H3,(H,15,16). The van der Waals surface area contributed by atoms with Crippen LogP contribution in [0.5, 0.6) is 0 Å². The third-order valence-electron chi connectivity index (χ3n) is 15.6. The predicted octanol–water partition coefficient (Wildman–Crippen LogP) is 13.2. The highest BCUT2D eigenvalue weighted by molar-refractivity contribution is 6.32. The number of para-hydroxylation sites is 2. The van der Waals surface area contributed by atoms with Crippen LogP contribution in [0, 0.1) is 29.1 Å². The zero-order chi connectivity index (χ0) is 66.9. The minimum absolute atomic E-state index is 0.152. The molecule has 10 heterocycles. The molecule has 95 heavy (non-hydrogen) atoms. The van der Waals surface area contributed by atoms with E-state index in [9.17, 15) is 47.5 Å². The molecule has 15 aromatic rings. The third-order valence-corrected chi connectivity index (χ3v) is 15.9. The summed E-state index contributed by atoms with van der Waals surface area (Å²) in [4.78, 5) is 34.4. The zero-order valence-corrected chi connectivity index (χ0v) is 51.7. The van der Waals surface area contributed by atoms with E-state index in [2.05, 4.69) is 54.9 Å². The number of hydrogen-bond acceptors (Lipinski definition) is 12. The van der Waals surface area contributed by atoms with E-state index in [4.69, 9.17) is 16.0 Å². The number of H-pyrrole nitrogens is 5. The van der Waals surface area contributed by atoms with Crippen LogP contribution in [0.1, 0.15) is 119 Å². The molecule has 0 fully saturated rings. The first-order valence-electron chi connectivity index (χ1n) is 29.8. The number of aryl methyl sites for hydroxylation is 2. The van der Waals surface area contributed by atoms with Crippen molar-refractivity contribution in [2.24, 2.45) is 7.05 Å². The Hall–Kier alpha value is -10.8. The lowest BCUT2D eigenvalue weighted by Crippen LogP contribution is -2.10. The summed E-state index contributed by atoms with van der Waals surface area (Å²) in [5, 5.41) is 58.2. The van der Waals surface area contributed by atoms with Gasteiger partial charge in [0.25, 0.3) is 0 Å². The Labute approximate surface area is 542 Å². The largest absolute Gasteiger partial charge is 0.453 e. The van der Waals surface area contributed by atoms with Crippen molar-refractivity contribution < 1.29 is 51.9 Å². The van der Waals surface area contributed by atoms with Gasteiger partial charge in [0.15, 0.2) is 29.1 Å². The monoisotopic (exact) mass is 1310 g/mol. The summed E-state index contributed by atoms with van der Waals surface area (Å²) in [6, 6.07) is 30.9. The summed E-state index contributed by atoms with van der Waals surface area (Å²) < 4.78 is 79.2. The molecule has 0 saturated carbocycles. The molecule has 0 bridgehead atoms. The van der Waals surface area contributed by atoms with Gasteiger partial charge in [-0.15, -0.1) is 0 Å². The van der Waals surface area contributed by atoms with Gasteiger partial charge in [-0.25, -0.2) is 51.6 Å². The van der Waals surface area contributed by atoms with Gasteiger partial charge in [0.2, 0.25) is 0 Å². The molecule has 20 nitrogen and oxygen atoms in total. The van der Waals surface area contributed by atoms with Gasteiger partial charge < -0.3 is 63.8 Å². The van der Waals surface area contributed by atoms with E-state index in [-0.39, 0.29) is 22.8 Å². The molecular formula is C69H62ClF5N14O6. The van der Waals surface area contributed by atoms with Crippen LogP contribution >= 0.6 is 11.6 Å². The molecule has 5 unspecified atom stereocenters. The second-order valence-electron chi connectivity index (χ2n) is 21.5. The van der Waals surface area contributed by atoms with E-state index in [0.29, 0.717) is 108 Å². The normalized spacial score (nSPS) is 12.9. The molecule has 0 saturated heterocycles. The van der Waals surface area contributed by atoms with Crippen LogP contribution in [0.15, 0.2) is 200 Å². The van der Waals surface area contributed by atoms with Crippen molar-refractivity contribution in [2.45, 2.75) is 63.6 Å². The zero-order valence-electron chi connectivity index (χ0n) is 50.9. The number of fused-ring (bicyclic) bond motifs is 5. The highest BCUT2D eigenvalue weighted by atomic mass is 35.5. The van der Waals surface area contributed by atoms with Crippen molar-refractivity contribution in [3.63, 3.8) is 0 Å². The van der Waals surface area contributed by atoms with Crippen molar-refractivity contribution in [1.29, 1.82) is 0 Å². The van der Waals surface area contributed by atoms with Crippen LogP contribution in [0.25, 0.3) is 44.0 Å². The summed E-state index contributed by atoms with van der Waals surface area (Å²) in [6.07, 6.45) is 18.2. The molecule has 5 aromatic carbocycles. The van der Waals surface area contributed by atoms with Gasteiger partial charge >= 0.3 is 0 Å².